The summed E-state index contributed by atoms with van der Waals surface area (Å²) in [6.07, 6.45) is 11.4. The molecule has 0 unspecified atom stereocenters. The molecule has 156 valence electrons. The number of aliphatic hydroxyl groups is 1. The van der Waals surface area contributed by atoms with Gasteiger partial charge in [0.05, 0.1) is 6.10 Å². The minimum Gasteiger partial charge on any atom is -0.389 e. The molecular weight excluding hydrogens is 362 g/mol. The Labute approximate surface area is 174 Å². The Balaban J connectivity index is 2.04. The van der Waals surface area contributed by atoms with Crippen molar-refractivity contribution >= 4 is 17.3 Å². The Morgan fingerprint density at radius 3 is 2.69 bits per heavy atom. The lowest BCUT2D eigenvalue weighted by atomic mass is 9.86. The second-order valence-electron chi connectivity index (χ2n) is 7.36. The van der Waals surface area contributed by atoms with E-state index in [2.05, 4.69) is 17.5 Å². The van der Waals surface area contributed by atoms with Crippen LogP contribution in [-0.4, -0.2) is 29.4 Å². The van der Waals surface area contributed by atoms with Crippen LogP contribution in [0.3, 0.4) is 0 Å². The number of nitrogens with one attached hydrogen (secondary N) is 1. The number of benzene rings is 1. The van der Waals surface area contributed by atoms with Crippen molar-refractivity contribution in [2.45, 2.75) is 58.5 Å². The average Bonchev–Trinajstić information content (AvgIpc) is 3.09. The number of unbranched alkanes of at least 4 members (excludes halogenated alkanes) is 1. The van der Waals surface area contributed by atoms with E-state index in [9.17, 15) is 14.7 Å². The van der Waals surface area contributed by atoms with E-state index in [1.54, 1.807) is 0 Å². The maximum atomic E-state index is 12.5. The molecular formula is C25H33NO3. The van der Waals surface area contributed by atoms with Gasteiger partial charge in [0.2, 0.25) is 5.91 Å². The normalized spacial score (nSPS) is 18.2. The van der Waals surface area contributed by atoms with E-state index >= 15 is 0 Å². The molecule has 0 heterocycles. The molecule has 0 aromatic heterocycles. The zero-order chi connectivity index (χ0) is 21.1. The first-order chi connectivity index (χ1) is 14.1. The zero-order valence-corrected chi connectivity index (χ0v) is 17.6. The zero-order valence-electron chi connectivity index (χ0n) is 17.6. The first-order valence-electron chi connectivity index (χ1n) is 10.7. The van der Waals surface area contributed by atoms with Crippen molar-refractivity contribution in [3.8, 4) is 0 Å². The largest absolute Gasteiger partial charge is 0.389 e. The number of allylic oxidation sites excluding steroid dienone is 5. The summed E-state index contributed by atoms with van der Waals surface area (Å²) in [4.78, 5) is 24.0. The molecule has 0 radical (unpaired) electrons. The number of carbonyl (C=O) groups is 2. The van der Waals surface area contributed by atoms with Gasteiger partial charge >= 0.3 is 0 Å². The summed E-state index contributed by atoms with van der Waals surface area (Å²) in [7, 11) is 0. The van der Waals surface area contributed by atoms with Crippen molar-refractivity contribution in [2.24, 2.45) is 5.92 Å². The fraction of sp³-hybridized carbons (Fsp3) is 0.440. The van der Waals surface area contributed by atoms with Crippen LogP contribution in [0.15, 0.2) is 60.2 Å². The van der Waals surface area contributed by atoms with E-state index < -0.39 is 6.10 Å². The van der Waals surface area contributed by atoms with Crippen molar-refractivity contribution in [3.63, 3.8) is 0 Å². The van der Waals surface area contributed by atoms with Gasteiger partial charge < -0.3 is 10.4 Å². The van der Waals surface area contributed by atoms with Crippen LogP contribution >= 0.6 is 0 Å². The molecule has 2 rings (SSSR count). The van der Waals surface area contributed by atoms with Crippen LogP contribution in [0.2, 0.25) is 0 Å². The minimum atomic E-state index is -0.535. The molecule has 2 N–H and O–H groups in total. The standard InChI is InChI=1S/C25H33NO3/c1-3-20(27)18-23(19-12-8-7-9-13-19)21-16-17-24(28)22(21)14-10-5-6-11-15-25(29)26-4-2/h5,7-10,12-13,16,18,20,22,27H,3-4,6,11,14-15,17H2,1-2H3,(H,26,29)/b10-5-,23-18+/t20-,22+/m0/s1. The van der Waals surface area contributed by atoms with Crippen molar-refractivity contribution in [1.29, 1.82) is 0 Å². The molecule has 0 spiro atoms. The Morgan fingerprint density at radius 2 is 2.00 bits per heavy atom. The van der Waals surface area contributed by atoms with Crippen LogP contribution in [0, 0.1) is 5.92 Å². The molecule has 1 aromatic carbocycles. The summed E-state index contributed by atoms with van der Waals surface area (Å²) in [5, 5.41) is 13.0. The maximum Gasteiger partial charge on any atom is 0.219 e. The summed E-state index contributed by atoms with van der Waals surface area (Å²) >= 11 is 0. The summed E-state index contributed by atoms with van der Waals surface area (Å²) in [6.45, 7) is 4.52. The van der Waals surface area contributed by atoms with Crippen molar-refractivity contribution in [1.82, 2.24) is 5.32 Å². The molecule has 1 aliphatic carbocycles. The molecule has 0 fully saturated rings. The van der Waals surface area contributed by atoms with Gasteiger partial charge in [0.1, 0.15) is 5.78 Å². The van der Waals surface area contributed by atoms with Crippen molar-refractivity contribution in [3.05, 3.63) is 65.8 Å². The van der Waals surface area contributed by atoms with Crippen molar-refractivity contribution < 1.29 is 14.7 Å². The van der Waals surface area contributed by atoms with E-state index in [1.807, 2.05) is 56.3 Å². The number of rotatable bonds is 11. The molecule has 4 nitrogen and oxygen atoms in total. The highest BCUT2D eigenvalue weighted by molar-refractivity contribution is 5.96. The lowest BCUT2D eigenvalue weighted by Crippen LogP contribution is -2.21. The predicted molar refractivity (Wildman–Crippen MR) is 118 cm³/mol. The minimum absolute atomic E-state index is 0.0872. The van der Waals surface area contributed by atoms with Crippen molar-refractivity contribution in [2.75, 3.05) is 6.54 Å². The fourth-order valence-electron chi connectivity index (χ4n) is 3.53. The third-order valence-electron chi connectivity index (χ3n) is 5.15. The molecule has 0 aliphatic heterocycles. The lowest BCUT2D eigenvalue weighted by molar-refractivity contribution is -0.121. The first-order valence-corrected chi connectivity index (χ1v) is 10.7. The van der Waals surface area contributed by atoms with E-state index in [1.165, 1.54) is 0 Å². The number of Topliss-reactive ketones (excluding diaryl/α,β-unsaturated/α-hetero) is 1. The molecule has 2 atom stereocenters. The number of carbonyl (C=O) groups excluding carboxylic acids is 2. The molecule has 1 amide bonds. The van der Waals surface area contributed by atoms with Gasteiger partial charge in [-0.1, -0.05) is 55.5 Å². The van der Waals surface area contributed by atoms with Gasteiger partial charge in [-0.25, -0.2) is 0 Å². The van der Waals surface area contributed by atoms with Crippen LogP contribution < -0.4 is 5.32 Å². The smallest absolute Gasteiger partial charge is 0.219 e. The Bertz CT molecular complexity index is 762. The van der Waals surface area contributed by atoms with Gasteiger partial charge in [0.15, 0.2) is 0 Å². The molecule has 29 heavy (non-hydrogen) atoms. The summed E-state index contributed by atoms with van der Waals surface area (Å²) < 4.78 is 0. The van der Waals surface area contributed by atoms with Gasteiger partial charge in [-0.2, -0.15) is 0 Å². The quantitative estimate of drug-likeness (QED) is 0.425. The molecule has 0 saturated carbocycles. The van der Waals surface area contributed by atoms with Crippen LogP contribution in [0.5, 0.6) is 0 Å². The molecule has 0 saturated heterocycles. The Morgan fingerprint density at radius 1 is 1.24 bits per heavy atom. The monoisotopic (exact) mass is 395 g/mol. The highest BCUT2D eigenvalue weighted by Crippen LogP contribution is 2.37. The molecule has 1 aliphatic rings. The van der Waals surface area contributed by atoms with Crippen LogP contribution in [0.1, 0.15) is 57.9 Å². The van der Waals surface area contributed by atoms with Crippen LogP contribution in [0.4, 0.5) is 0 Å². The van der Waals surface area contributed by atoms with Gasteiger partial charge in [-0.3, -0.25) is 9.59 Å². The van der Waals surface area contributed by atoms with Gasteiger partial charge in [-0.15, -0.1) is 0 Å². The average molecular weight is 396 g/mol. The fourth-order valence-corrected chi connectivity index (χ4v) is 3.53. The van der Waals surface area contributed by atoms with E-state index in [0.717, 1.165) is 29.6 Å². The summed E-state index contributed by atoms with van der Waals surface area (Å²) in [5.74, 6) is 0.133. The topological polar surface area (TPSA) is 66.4 Å². The Hall–Kier alpha value is -2.46. The number of amides is 1. The van der Waals surface area contributed by atoms with E-state index in [-0.39, 0.29) is 17.6 Å². The van der Waals surface area contributed by atoms with Crippen LogP contribution in [0.25, 0.3) is 5.57 Å². The highest BCUT2D eigenvalue weighted by atomic mass is 16.3. The first kappa shape index (κ1) is 22.8. The predicted octanol–water partition coefficient (Wildman–Crippen LogP) is 4.61. The third kappa shape index (κ3) is 7.13. The van der Waals surface area contributed by atoms with E-state index in [4.69, 9.17) is 0 Å². The molecule has 4 heteroatoms. The van der Waals surface area contributed by atoms with Gasteiger partial charge in [-0.05, 0) is 55.4 Å². The highest BCUT2D eigenvalue weighted by Gasteiger charge is 2.29. The number of ketones is 1. The number of hydrogen-bond acceptors (Lipinski definition) is 3. The van der Waals surface area contributed by atoms with Gasteiger partial charge in [0, 0.05) is 25.3 Å². The second kappa shape index (κ2) is 12.2. The van der Waals surface area contributed by atoms with Crippen LogP contribution in [-0.2, 0) is 9.59 Å². The third-order valence-corrected chi connectivity index (χ3v) is 5.15. The maximum absolute atomic E-state index is 12.5. The van der Waals surface area contributed by atoms with E-state index in [0.29, 0.717) is 32.2 Å². The lowest BCUT2D eigenvalue weighted by Gasteiger charge is -2.17. The molecule has 1 aromatic rings. The summed E-state index contributed by atoms with van der Waals surface area (Å²) in [6, 6.07) is 9.95. The number of aliphatic hydroxyl groups excluding tert-OH is 1. The SMILES string of the molecule is CCNC(=O)CCC/C=C\C[C@H]1C(=O)CC=C1/C(=C/[C@@H](O)CC)c1ccccc1. The summed E-state index contributed by atoms with van der Waals surface area (Å²) in [5.41, 5.74) is 3.00. The molecule has 0 bridgehead atoms. The Kier molecular flexibility index (Phi) is 9.58. The second-order valence-corrected chi connectivity index (χ2v) is 7.36. The number of hydrogen-bond donors (Lipinski definition) is 2. The van der Waals surface area contributed by atoms with Gasteiger partial charge in [0.25, 0.3) is 0 Å².